The van der Waals surface area contributed by atoms with Crippen molar-refractivity contribution in [2.75, 3.05) is 6.61 Å². The summed E-state index contributed by atoms with van der Waals surface area (Å²) in [4.78, 5) is 22.9. The molecule has 0 spiro atoms. The van der Waals surface area contributed by atoms with Gasteiger partial charge in [0.25, 0.3) is 0 Å². The second kappa shape index (κ2) is 5.79. The fraction of sp³-hybridized carbons (Fsp3) is 0.368. The third-order valence-electron chi connectivity index (χ3n) is 5.36. The Bertz CT molecular complexity index is 984. The van der Waals surface area contributed by atoms with Crippen LogP contribution >= 0.6 is 0 Å². The van der Waals surface area contributed by atoms with Crippen molar-refractivity contribution in [3.05, 3.63) is 48.0 Å². The van der Waals surface area contributed by atoms with Crippen molar-refractivity contribution in [1.82, 2.24) is 24.5 Å². The van der Waals surface area contributed by atoms with Crippen LogP contribution in [0.2, 0.25) is 0 Å². The third-order valence-corrected chi connectivity index (χ3v) is 5.36. The van der Waals surface area contributed by atoms with Crippen LogP contribution in [-0.2, 0) is 11.2 Å². The second-order valence-corrected chi connectivity index (χ2v) is 6.75. The average Bonchev–Trinajstić information content (AvgIpc) is 3.24. The van der Waals surface area contributed by atoms with Crippen molar-refractivity contribution < 1.29 is 9.53 Å². The predicted octanol–water partition coefficient (Wildman–Crippen LogP) is 3.01. The molecule has 0 saturated carbocycles. The highest BCUT2D eigenvalue weighted by Crippen LogP contribution is 2.43. The SMILES string of the molecule is CCOC(=O)N1C2CCC1c1cnc3cc(-c4ccncc4)nn3c1C2. The molecular weight excluding hydrogens is 330 g/mol. The largest absolute Gasteiger partial charge is 0.450 e. The molecule has 2 aliphatic rings. The number of hydrogen-bond acceptors (Lipinski definition) is 5. The molecule has 0 N–H and O–H groups in total. The van der Waals surface area contributed by atoms with E-state index in [-0.39, 0.29) is 18.2 Å². The highest BCUT2D eigenvalue weighted by atomic mass is 16.6. The summed E-state index contributed by atoms with van der Waals surface area (Å²) in [5, 5.41) is 4.79. The number of pyridine rings is 1. The van der Waals surface area contributed by atoms with Crippen molar-refractivity contribution in [3.63, 3.8) is 0 Å². The molecule has 3 aromatic rings. The molecule has 2 bridgehead atoms. The van der Waals surface area contributed by atoms with Gasteiger partial charge >= 0.3 is 6.09 Å². The zero-order valence-corrected chi connectivity index (χ0v) is 14.5. The van der Waals surface area contributed by atoms with E-state index in [1.165, 1.54) is 0 Å². The fourth-order valence-electron chi connectivity index (χ4n) is 4.23. The molecule has 5 rings (SSSR count). The number of fused-ring (bicyclic) bond motifs is 6. The molecule has 26 heavy (non-hydrogen) atoms. The van der Waals surface area contributed by atoms with E-state index in [0.29, 0.717) is 6.61 Å². The maximum Gasteiger partial charge on any atom is 0.410 e. The Morgan fingerprint density at radius 1 is 1.31 bits per heavy atom. The van der Waals surface area contributed by atoms with Crippen LogP contribution in [0.4, 0.5) is 4.79 Å². The van der Waals surface area contributed by atoms with Crippen LogP contribution in [0.1, 0.15) is 37.1 Å². The van der Waals surface area contributed by atoms with Gasteiger partial charge in [0, 0.05) is 48.2 Å². The lowest BCUT2D eigenvalue weighted by Gasteiger charge is -2.35. The van der Waals surface area contributed by atoms with E-state index in [2.05, 4.69) is 9.97 Å². The third kappa shape index (κ3) is 2.20. The van der Waals surface area contributed by atoms with E-state index >= 15 is 0 Å². The van der Waals surface area contributed by atoms with E-state index in [9.17, 15) is 4.79 Å². The summed E-state index contributed by atoms with van der Waals surface area (Å²) in [6.07, 6.45) is 7.92. The standard InChI is InChI=1S/C19H19N5O2/c1-2-26-19(25)23-13-3-4-16(23)14-11-21-18-10-15(12-5-7-20-8-6-12)22-24(18)17(14)9-13/h5-8,10-11,13,16H,2-4,9H2,1H3. The van der Waals surface area contributed by atoms with Gasteiger partial charge in [-0.1, -0.05) is 0 Å². The second-order valence-electron chi connectivity index (χ2n) is 6.75. The van der Waals surface area contributed by atoms with Gasteiger partial charge in [-0.15, -0.1) is 0 Å². The summed E-state index contributed by atoms with van der Waals surface area (Å²) < 4.78 is 7.21. The van der Waals surface area contributed by atoms with Crippen molar-refractivity contribution in [1.29, 1.82) is 0 Å². The minimum Gasteiger partial charge on any atom is -0.450 e. The monoisotopic (exact) mass is 349 g/mol. The van der Waals surface area contributed by atoms with Gasteiger partial charge in [-0.05, 0) is 31.9 Å². The van der Waals surface area contributed by atoms with Crippen LogP contribution in [0.5, 0.6) is 0 Å². The lowest BCUT2D eigenvalue weighted by atomic mass is 10.00. The smallest absolute Gasteiger partial charge is 0.410 e. The van der Waals surface area contributed by atoms with Gasteiger partial charge in [-0.2, -0.15) is 5.10 Å². The Labute approximate surface area is 150 Å². The number of amides is 1. The number of ether oxygens (including phenoxy) is 1. The number of rotatable bonds is 2. The van der Waals surface area contributed by atoms with Gasteiger partial charge in [-0.3, -0.25) is 9.88 Å². The van der Waals surface area contributed by atoms with Gasteiger partial charge in [0.1, 0.15) is 0 Å². The van der Waals surface area contributed by atoms with Crippen molar-refractivity contribution in [2.45, 2.75) is 38.3 Å². The van der Waals surface area contributed by atoms with Crippen LogP contribution in [0, 0.1) is 0 Å². The molecule has 1 saturated heterocycles. The normalized spacial score (nSPS) is 21.0. The molecule has 5 heterocycles. The number of hydrogen-bond donors (Lipinski definition) is 0. The Morgan fingerprint density at radius 2 is 2.15 bits per heavy atom. The molecule has 0 aromatic carbocycles. The van der Waals surface area contributed by atoms with Crippen LogP contribution < -0.4 is 0 Å². The van der Waals surface area contributed by atoms with Gasteiger partial charge in [0.05, 0.1) is 24.0 Å². The Hall–Kier alpha value is -2.96. The zero-order valence-electron chi connectivity index (χ0n) is 14.5. The summed E-state index contributed by atoms with van der Waals surface area (Å²) in [6, 6.07) is 6.09. The van der Waals surface area contributed by atoms with Gasteiger partial charge in [-0.25, -0.2) is 14.3 Å². The molecule has 2 atom stereocenters. The first-order chi connectivity index (χ1) is 12.8. The van der Waals surface area contributed by atoms with E-state index in [0.717, 1.165) is 47.4 Å². The topological polar surface area (TPSA) is 72.6 Å². The lowest BCUT2D eigenvalue weighted by Crippen LogP contribution is -2.43. The first kappa shape index (κ1) is 15.3. The number of carbonyl (C=O) groups is 1. The molecule has 7 nitrogen and oxygen atoms in total. The van der Waals surface area contributed by atoms with Crippen LogP contribution in [-0.4, -0.2) is 43.2 Å². The highest BCUT2D eigenvalue weighted by Gasteiger charge is 2.44. The summed E-state index contributed by atoms with van der Waals surface area (Å²) in [6.45, 7) is 2.24. The van der Waals surface area contributed by atoms with E-state index in [4.69, 9.17) is 9.84 Å². The fourth-order valence-corrected chi connectivity index (χ4v) is 4.23. The van der Waals surface area contributed by atoms with Crippen molar-refractivity contribution >= 4 is 11.7 Å². The van der Waals surface area contributed by atoms with Gasteiger partial charge < -0.3 is 4.74 Å². The number of carbonyl (C=O) groups excluding carboxylic acids is 1. The first-order valence-electron chi connectivity index (χ1n) is 8.99. The maximum atomic E-state index is 12.4. The maximum absolute atomic E-state index is 12.4. The molecule has 0 aliphatic carbocycles. The molecule has 1 amide bonds. The Kier molecular flexibility index (Phi) is 3.41. The zero-order chi connectivity index (χ0) is 17.7. The minimum absolute atomic E-state index is 0.0354. The summed E-state index contributed by atoms with van der Waals surface area (Å²) in [7, 11) is 0. The Morgan fingerprint density at radius 3 is 2.96 bits per heavy atom. The summed E-state index contributed by atoms with van der Waals surface area (Å²) >= 11 is 0. The molecule has 1 fully saturated rings. The van der Waals surface area contributed by atoms with E-state index < -0.39 is 0 Å². The van der Waals surface area contributed by atoms with Gasteiger partial charge in [0.15, 0.2) is 5.65 Å². The summed E-state index contributed by atoms with van der Waals surface area (Å²) in [5.41, 5.74) is 4.98. The molecule has 7 heteroatoms. The molecule has 2 aliphatic heterocycles. The average molecular weight is 349 g/mol. The lowest BCUT2D eigenvalue weighted by molar-refractivity contribution is 0.0831. The predicted molar refractivity (Wildman–Crippen MR) is 94.5 cm³/mol. The number of aromatic nitrogens is 4. The van der Waals surface area contributed by atoms with Crippen LogP contribution in [0.15, 0.2) is 36.8 Å². The quantitative estimate of drug-likeness (QED) is 0.711. The summed E-state index contributed by atoms with van der Waals surface area (Å²) in [5.74, 6) is 0. The van der Waals surface area contributed by atoms with Crippen LogP contribution in [0.25, 0.3) is 16.9 Å². The van der Waals surface area contributed by atoms with E-state index in [1.54, 1.807) is 12.4 Å². The van der Waals surface area contributed by atoms with E-state index in [1.807, 2.05) is 40.7 Å². The van der Waals surface area contributed by atoms with Gasteiger partial charge in [0.2, 0.25) is 0 Å². The molecule has 2 unspecified atom stereocenters. The minimum atomic E-state index is -0.219. The first-order valence-corrected chi connectivity index (χ1v) is 8.99. The molecule has 0 radical (unpaired) electrons. The Balaban J connectivity index is 1.59. The molecule has 3 aromatic heterocycles. The number of nitrogens with zero attached hydrogens (tertiary/aromatic N) is 5. The van der Waals surface area contributed by atoms with Crippen molar-refractivity contribution in [3.8, 4) is 11.3 Å². The molecular formula is C19H19N5O2. The van der Waals surface area contributed by atoms with Crippen molar-refractivity contribution in [2.24, 2.45) is 0 Å². The highest BCUT2D eigenvalue weighted by molar-refractivity contribution is 5.70. The van der Waals surface area contributed by atoms with Crippen LogP contribution in [0.3, 0.4) is 0 Å². The molecule has 132 valence electrons.